The summed E-state index contributed by atoms with van der Waals surface area (Å²) in [6.45, 7) is 2.24. The Morgan fingerprint density at radius 2 is 1.75 bits per heavy atom. The van der Waals surface area contributed by atoms with Gasteiger partial charge in [-0.2, -0.15) is 0 Å². The molecule has 2 aliphatic heterocycles. The third-order valence-electron chi connectivity index (χ3n) is 6.35. The third-order valence-corrected chi connectivity index (χ3v) is 6.35. The second-order valence-electron chi connectivity index (χ2n) is 8.46. The van der Waals surface area contributed by atoms with Gasteiger partial charge in [-0.3, -0.25) is 14.8 Å². The fourth-order valence-electron chi connectivity index (χ4n) is 4.76. The molecule has 3 aromatic rings. The van der Waals surface area contributed by atoms with E-state index in [2.05, 4.69) is 14.8 Å². The minimum absolute atomic E-state index is 0.222. The molecule has 5 unspecified atom stereocenters. The smallest absolute Gasteiger partial charge is 0.176 e. The van der Waals surface area contributed by atoms with E-state index in [0.29, 0.717) is 19.7 Å². The predicted molar refractivity (Wildman–Crippen MR) is 115 cm³/mol. The van der Waals surface area contributed by atoms with Crippen LogP contribution in [0.25, 0.3) is 0 Å². The van der Waals surface area contributed by atoms with Gasteiger partial charge in [0.05, 0.1) is 50.4 Å². The fourth-order valence-corrected chi connectivity index (χ4v) is 4.76. The normalized spacial score (nSPS) is 27.4. The van der Waals surface area contributed by atoms with Crippen LogP contribution in [0.15, 0.2) is 70.0 Å². The van der Waals surface area contributed by atoms with E-state index in [1.54, 1.807) is 18.7 Å². The maximum atomic E-state index is 11.6. The number of hydrogen-bond acceptors (Lipinski definition) is 8. The van der Waals surface area contributed by atoms with E-state index >= 15 is 0 Å². The van der Waals surface area contributed by atoms with Crippen LogP contribution in [0, 0.1) is 0 Å². The van der Waals surface area contributed by atoms with E-state index in [1.807, 2.05) is 49.5 Å². The Hall–Kier alpha value is -2.49. The molecule has 0 radical (unpaired) electrons. The Bertz CT molecular complexity index is 913. The van der Waals surface area contributed by atoms with Gasteiger partial charge in [0.1, 0.15) is 17.6 Å². The summed E-state index contributed by atoms with van der Waals surface area (Å²) in [6, 6.07) is 13.0. The summed E-state index contributed by atoms with van der Waals surface area (Å²) in [5, 5.41) is 11.6. The molecule has 0 amide bonds. The van der Waals surface area contributed by atoms with Crippen LogP contribution in [0.5, 0.6) is 0 Å². The van der Waals surface area contributed by atoms with E-state index in [4.69, 9.17) is 18.3 Å². The molecular formula is C24H29N3O5. The number of aliphatic hydroxyl groups excluding tert-OH is 1. The first-order valence-electron chi connectivity index (χ1n) is 11.0. The lowest BCUT2D eigenvalue weighted by atomic mass is 9.93. The second-order valence-corrected chi connectivity index (χ2v) is 8.46. The van der Waals surface area contributed by atoms with E-state index < -0.39 is 12.4 Å². The van der Waals surface area contributed by atoms with Crippen molar-refractivity contribution >= 4 is 0 Å². The summed E-state index contributed by atoms with van der Waals surface area (Å²) in [5.41, 5.74) is 1.02. The van der Waals surface area contributed by atoms with Gasteiger partial charge < -0.3 is 23.4 Å². The first kappa shape index (κ1) is 21.4. The first-order valence-corrected chi connectivity index (χ1v) is 11.0. The highest BCUT2D eigenvalue weighted by Gasteiger charge is 2.53. The molecule has 1 N–H and O–H groups in total. The van der Waals surface area contributed by atoms with E-state index in [9.17, 15) is 5.11 Å². The lowest BCUT2D eigenvalue weighted by Crippen LogP contribution is -2.64. The highest BCUT2D eigenvalue weighted by atomic mass is 16.7. The van der Waals surface area contributed by atoms with Gasteiger partial charge in [-0.25, -0.2) is 0 Å². The lowest BCUT2D eigenvalue weighted by Gasteiger charge is -2.46. The zero-order valence-corrected chi connectivity index (χ0v) is 18.1. The maximum Gasteiger partial charge on any atom is 0.176 e. The summed E-state index contributed by atoms with van der Waals surface area (Å²) < 4.78 is 23.4. The standard InChI is InChI=1S/C24H29N3O5/c1-26(11-9-17-6-2-3-10-25-17)22-23(28)21(20-16-31-24(22)32-20)27(14-18-7-4-12-29-18)15-19-8-5-13-30-19/h2-8,10,12-13,20-24,28H,9,11,14-16H2,1H3. The molecule has 170 valence electrons. The molecule has 2 saturated heterocycles. The fraction of sp³-hybridized carbons (Fsp3) is 0.458. The van der Waals surface area contributed by atoms with Gasteiger partial charge in [0.2, 0.25) is 0 Å². The molecule has 8 nitrogen and oxygen atoms in total. The molecule has 0 saturated carbocycles. The molecule has 0 aliphatic carbocycles. The van der Waals surface area contributed by atoms with Crippen LogP contribution in [-0.2, 0) is 29.0 Å². The highest BCUT2D eigenvalue weighted by Crippen LogP contribution is 2.35. The number of ether oxygens (including phenoxy) is 2. The van der Waals surface area contributed by atoms with Crippen molar-refractivity contribution in [3.63, 3.8) is 0 Å². The summed E-state index contributed by atoms with van der Waals surface area (Å²) in [4.78, 5) is 8.69. The summed E-state index contributed by atoms with van der Waals surface area (Å²) >= 11 is 0. The third kappa shape index (κ3) is 4.51. The van der Waals surface area contributed by atoms with Crippen molar-refractivity contribution in [1.82, 2.24) is 14.8 Å². The van der Waals surface area contributed by atoms with Gasteiger partial charge in [0.25, 0.3) is 0 Å². The van der Waals surface area contributed by atoms with Crippen molar-refractivity contribution in [3.05, 3.63) is 78.4 Å². The molecule has 3 aromatic heterocycles. The molecule has 5 rings (SSSR count). The number of nitrogens with zero attached hydrogens (tertiary/aromatic N) is 3. The largest absolute Gasteiger partial charge is 0.468 e. The van der Waals surface area contributed by atoms with Crippen LogP contribution in [0.2, 0.25) is 0 Å². The zero-order chi connectivity index (χ0) is 21.9. The number of fused-ring (bicyclic) bond motifs is 2. The van der Waals surface area contributed by atoms with E-state index in [1.165, 1.54) is 0 Å². The lowest BCUT2D eigenvalue weighted by molar-refractivity contribution is -0.197. The average molecular weight is 440 g/mol. The average Bonchev–Trinajstić information content (AvgIpc) is 3.57. The van der Waals surface area contributed by atoms with Gasteiger partial charge in [0, 0.05) is 24.9 Å². The maximum absolute atomic E-state index is 11.6. The van der Waals surface area contributed by atoms with Crippen molar-refractivity contribution < 1.29 is 23.4 Å². The first-order chi connectivity index (χ1) is 15.7. The van der Waals surface area contributed by atoms with Gasteiger partial charge in [-0.1, -0.05) is 6.07 Å². The topological polar surface area (TPSA) is 84.3 Å². The monoisotopic (exact) mass is 439 g/mol. The van der Waals surface area contributed by atoms with Gasteiger partial charge in [-0.15, -0.1) is 0 Å². The van der Waals surface area contributed by atoms with Crippen molar-refractivity contribution in [3.8, 4) is 0 Å². The molecule has 5 heterocycles. The SMILES string of the molecule is CN(CCc1ccccn1)C1C2OCC(O2)C(N(Cc2ccco2)Cc2ccco2)C1O. The number of likely N-dealkylation sites (N-methyl/N-ethyl adjacent to an activating group) is 1. The number of furan rings is 2. The quantitative estimate of drug-likeness (QED) is 0.544. The Morgan fingerprint density at radius 1 is 1.00 bits per heavy atom. The number of aromatic nitrogens is 1. The summed E-state index contributed by atoms with van der Waals surface area (Å²) in [5.74, 6) is 1.65. The number of rotatable bonds is 9. The molecular weight excluding hydrogens is 410 g/mol. The molecule has 2 fully saturated rings. The summed E-state index contributed by atoms with van der Waals surface area (Å²) in [6.07, 6.45) is 4.57. The van der Waals surface area contributed by atoms with Crippen LogP contribution < -0.4 is 0 Å². The van der Waals surface area contributed by atoms with Crippen molar-refractivity contribution in [2.45, 2.75) is 50.1 Å². The van der Waals surface area contributed by atoms with E-state index in [0.717, 1.165) is 30.2 Å². The van der Waals surface area contributed by atoms with Crippen LogP contribution >= 0.6 is 0 Å². The number of hydrogen-bond donors (Lipinski definition) is 1. The Balaban J connectivity index is 1.35. The molecule has 5 atom stereocenters. The Morgan fingerprint density at radius 3 is 2.38 bits per heavy atom. The molecule has 8 heteroatoms. The minimum Gasteiger partial charge on any atom is -0.468 e. The Labute approximate surface area is 187 Å². The zero-order valence-electron chi connectivity index (χ0n) is 18.1. The van der Waals surface area contributed by atoms with Gasteiger partial charge >= 0.3 is 0 Å². The van der Waals surface area contributed by atoms with Gasteiger partial charge in [-0.05, 0) is 43.4 Å². The minimum atomic E-state index is -0.667. The Kier molecular flexibility index (Phi) is 6.38. The highest BCUT2D eigenvalue weighted by molar-refractivity contribution is 5.08. The van der Waals surface area contributed by atoms with Gasteiger partial charge in [0.15, 0.2) is 6.29 Å². The van der Waals surface area contributed by atoms with Crippen LogP contribution in [0.1, 0.15) is 17.2 Å². The van der Waals surface area contributed by atoms with Crippen LogP contribution in [-0.4, -0.2) is 70.7 Å². The molecule has 2 bridgehead atoms. The summed E-state index contributed by atoms with van der Waals surface area (Å²) in [7, 11) is 2.00. The van der Waals surface area contributed by atoms with Crippen LogP contribution in [0.4, 0.5) is 0 Å². The van der Waals surface area contributed by atoms with Crippen molar-refractivity contribution in [1.29, 1.82) is 0 Å². The van der Waals surface area contributed by atoms with Crippen LogP contribution in [0.3, 0.4) is 0 Å². The number of pyridine rings is 1. The molecule has 2 aliphatic rings. The van der Waals surface area contributed by atoms with Crippen molar-refractivity contribution in [2.75, 3.05) is 20.2 Å². The predicted octanol–water partition coefficient (Wildman–Crippen LogP) is 2.30. The molecule has 32 heavy (non-hydrogen) atoms. The second kappa shape index (κ2) is 9.56. The number of aliphatic hydroxyl groups is 1. The van der Waals surface area contributed by atoms with Crippen molar-refractivity contribution in [2.24, 2.45) is 0 Å². The van der Waals surface area contributed by atoms with E-state index in [-0.39, 0.29) is 18.2 Å². The molecule has 0 spiro atoms. The molecule has 0 aromatic carbocycles.